The van der Waals surface area contributed by atoms with Crippen LogP contribution in [0.1, 0.15) is 26.6 Å². The third-order valence-electron chi connectivity index (χ3n) is 11.8. The van der Waals surface area contributed by atoms with E-state index in [0.29, 0.717) is 11.7 Å². The van der Waals surface area contributed by atoms with Crippen molar-refractivity contribution in [3.05, 3.63) is 176 Å². The predicted molar refractivity (Wildman–Crippen MR) is 227 cm³/mol. The molecule has 11 rings (SSSR count). The minimum atomic E-state index is -2.96. The van der Waals surface area contributed by atoms with Crippen molar-refractivity contribution in [2.24, 2.45) is 5.41 Å². The molecule has 1 spiro atoms. The lowest BCUT2D eigenvalue weighted by Gasteiger charge is -2.55. The third-order valence-corrected chi connectivity index (χ3v) is 16.6. The summed E-state index contributed by atoms with van der Waals surface area (Å²) in [6, 6.07) is 25.4. The molecule has 8 heterocycles. The average Bonchev–Trinajstić information content (AvgIpc) is 3.22. The van der Waals surface area contributed by atoms with Crippen molar-refractivity contribution in [1.82, 2.24) is 28.9 Å². The summed E-state index contributed by atoms with van der Waals surface area (Å²) in [5, 5.41) is 4.55. The topological polar surface area (TPSA) is 57.2 Å². The largest absolute Gasteiger partial charge is 0.458 e. The van der Waals surface area contributed by atoms with Gasteiger partial charge in [0, 0.05) is 17.0 Å². The zero-order chi connectivity index (χ0) is 36.9. The van der Waals surface area contributed by atoms with Gasteiger partial charge in [0.05, 0.1) is 0 Å². The molecule has 0 aliphatic carbocycles. The van der Waals surface area contributed by atoms with Crippen LogP contribution in [-0.4, -0.2) is 64.9 Å². The number of benzene rings is 3. The van der Waals surface area contributed by atoms with Crippen LogP contribution >= 0.6 is 0 Å². The molecular weight excluding hydrogens is 692 g/mol. The zero-order valence-electron chi connectivity index (χ0n) is 30.9. The number of aromatic nitrogens is 2. The fraction of sp³-hybridized carbons (Fsp3) is 0.0952. The summed E-state index contributed by atoms with van der Waals surface area (Å²) >= 11 is 0. The minimum Gasteiger partial charge on any atom is -0.458 e. The van der Waals surface area contributed by atoms with E-state index in [4.69, 9.17) is 19.4 Å². The van der Waals surface area contributed by atoms with E-state index in [1.54, 1.807) is 0 Å². The molecular formula is C42H36B4N6O2Si. The molecule has 1 aromatic heterocycles. The maximum atomic E-state index is 6.86. The number of ether oxygens (including phenoxy) is 2. The molecule has 13 heteroatoms. The van der Waals surface area contributed by atoms with E-state index in [9.17, 15) is 0 Å². The number of allylic oxidation sites excluding steroid dienone is 9. The Bertz CT molecular complexity index is 2450. The Labute approximate surface area is 324 Å². The van der Waals surface area contributed by atoms with Crippen molar-refractivity contribution >= 4 is 62.3 Å². The number of para-hydroxylation sites is 3. The first-order valence-electron chi connectivity index (χ1n) is 19.0. The first-order chi connectivity index (χ1) is 26.9. The molecule has 0 saturated carbocycles. The molecule has 1 saturated heterocycles. The van der Waals surface area contributed by atoms with Crippen LogP contribution in [0.2, 0.25) is 0 Å². The fourth-order valence-electron chi connectivity index (χ4n) is 9.64. The van der Waals surface area contributed by atoms with Crippen LogP contribution in [0.3, 0.4) is 0 Å². The second-order valence-corrected chi connectivity index (χ2v) is 19.5. The smallest absolute Gasteiger partial charge is 0.385 e. The molecule has 0 unspecified atom stereocenters. The van der Waals surface area contributed by atoms with Crippen molar-refractivity contribution in [1.29, 1.82) is 0 Å². The average molecular weight is 728 g/mol. The summed E-state index contributed by atoms with van der Waals surface area (Å²) in [7, 11) is -2.96. The molecule has 0 amide bonds. The first-order valence-corrected chi connectivity index (χ1v) is 21.0. The van der Waals surface area contributed by atoms with Gasteiger partial charge in [-0.1, -0.05) is 112 Å². The van der Waals surface area contributed by atoms with Crippen LogP contribution in [0.25, 0.3) is 5.57 Å². The van der Waals surface area contributed by atoms with E-state index in [1.165, 1.54) is 21.0 Å². The summed E-state index contributed by atoms with van der Waals surface area (Å²) in [5.41, 5.74) is 1.99. The number of nitrogens with zero attached hydrogens (tertiary/aromatic N) is 6. The van der Waals surface area contributed by atoms with Gasteiger partial charge in [0.2, 0.25) is 14.0 Å². The van der Waals surface area contributed by atoms with E-state index in [1.807, 2.05) is 18.2 Å². The monoisotopic (exact) mass is 728 g/mol. The van der Waals surface area contributed by atoms with E-state index in [2.05, 4.69) is 186 Å². The highest BCUT2D eigenvalue weighted by Gasteiger charge is 2.56. The van der Waals surface area contributed by atoms with Gasteiger partial charge >= 0.3 is 27.9 Å². The quantitative estimate of drug-likeness (QED) is 0.220. The van der Waals surface area contributed by atoms with E-state index in [-0.39, 0.29) is 33.3 Å². The van der Waals surface area contributed by atoms with Crippen molar-refractivity contribution in [2.45, 2.75) is 20.8 Å². The Morgan fingerprint density at radius 3 is 1.62 bits per heavy atom. The van der Waals surface area contributed by atoms with Crippen LogP contribution in [-0.2, 0) is 0 Å². The lowest BCUT2D eigenvalue weighted by molar-refractivity contribution is 0.463. The van der Waals surface area contributed by atoms with Gasteiger partial charge in [-0.05, 0) is 93.8 Å². The highest BCUT2D eigenvalue weighted by Crippen LogP contribution is 2.43. The maximum Gasteiger partial charge on any atom is 0.385 e. The van der Waals surface area contributed by atoms with Crippen molar-refractivity contribution in [2.75, 3.05) is 0 Å². The summed E-state index contributed by atoms with van der Waals surface area (Å²) in [4.78, 5) is 10.8. The van der Waals surface area contributed by atoms with Crippen molar-refractivity contribution < 1.29 is 9.47 Å². The van der Waals surface area contributed by atoms with Crippen LogP contribution < -0.4 is 30.2 Å². The van der Waals surface area contributed by atoms with Gasteiger partial charge < -0.3 is 28.4 Å². The van der Waals surface area contributed by atoms with Gasteiger partial charge in [0.1, 0.15) is 17.2 Å². The Kier molecular flexibility index (Phi) is 7.04. The highest BCUT2D eigenvalue weighted by atomic mass is 28.3. The highest BCUT2D eigenvalue weighted by molar-refractivity contribution is 7.21. The van der Waals surface area contributed by atoms with Crippen LogP contribution in [0.15, 0.2) is 170 Å². The Morgan fingerprint density at radius 1 is 0.564 bits per heavy atom. The molecule has 0 radical (unpaired) electrons. The molecule has 0 N–H and O–H groups in total. The molecule has 3 aromatic carbocycles. The Morgan fingerprint density at radius 2 is 1.05 bits per heavy atom. The number of hydrogen-bond acceptors (Lipinski definition) is 8. The molecule has 7 aliphatic heterocycles. The number of hydrogen-bond donors (Lipinski definition) is 0. The van der Waals surface area contributed by atoms with Gasteiger partial charge in [0.15, 0.2) is 5.82 Å². The molecule has 8 nitrogen and oxygen atoms in total. The standard InChI is InChI=1S/C42H36B4N6O2Si/c1-42(2,3)39-31(22-29-52-45-25-11-14-27-50(45)43-23-10-13-26-49(43)44-24-12-15-28-51(44)46(39)52)40-47-30-38-41(48-40)54-34-18-6-9-21-37(34)55(38)35-19-7-4-16-32(35)53-33-17-5-8-20-36(33)55/h4-30H,1-3H3. The predicted octanol–water partition coefficient (Wildman–Crippen LogP) is 4.97. The molecule has 7 aliphatic rings. The third kappa shape index (κ3) is 4.62. The van der Waals surface area contributed by atoms with E-state index in [0.717, 1.165) is 28.0 Å². The molecule has 1 fully saturated rings. The second-order valence-electron chi connectivity index (χ2n) is 15.8. The molecule has 0 atom stereocenters. The number of fused-ring (bicyclic) bond motifs is 16. The summed E-state index contributed by atoms with van der Waals surface area (Å²) in [6.07, 6.45) is 26.1. The fourth-order valence-corrected chi connectivity index (χ4v) is 14.6. The second kappa shape index (κ2) is 12.0. The van der Waals surface area contributed by atoms with Crippen LogP contribution in [0.4, 0.5) is 0 Å². The van der Waals surface area contributed by atoms with Crippen LogP contribution in [0, 0.1) is 5.41 Å². The zero-order valence-corrected chi connectivity index (χ0v) is 31.9. The van der Waals surface area contributed by atoms with Crippen molar-refractivity contribution in [3.63, 3.8) is 0 Å². The lowest BCUT2D eigenvalue weighted by Crippen LogP contribution is -2.77. The van der Waals surface area contributed by atoms with Crippen molar-refractivity contribution in [3.8, 4) is 23.1 Å². The minimum absolute atomic E-state index is 0.0298. The summed E-state index contributed by atoms with van der Waals surface area (Å²) in [5.74, 6) is 10.7. The molecule has 55 heavy (non-hydrogen) atoms. The number of rotatable bonds is 1. The molecule has 262 valence electrons. The van der Waals surface area contributed by atoms with Crippen LogP contribution in [0.5, 0.6) is 23.1 Å². The van der Waals surface area contributed by atoms with E-state index >= 15 is 0 Å². The molecule has 0 bridgehead atoms. The van der Waals surface area contributed by atoms with Gasteiger partial charge in [-0.25, -0.2) is 4.98 Å². The van der Waals surface area contributed by atoms with Gasteiger partial charge in [0.25, 0.3) is 0 Å². The Balaban J connectivity index is 1.13. The SMILES string of the molecule is CC(C)(C)C1=C(c2ncc3c(n2)Oc2ccccc2[Si]32c3ccccc3Oc3ccccc32)C=CN2B3C=CC=CN3B3C=CC=CN3B3C=CC=CN3B12. The van der Waals surface area contributed by atoms with Gasteiger partial charge in [-0.15, -0.1) is 0 Å². The first kappa shape index (κ1) is 32.4. The maximum absolute atomic E-state index is 6.86. The lowest BCUT2D eigenvalue weighted by atomic mass is 9.38. The summed E-state index contributed by atoms with van der Waals surface area (Å²) < 4.78 is 23.3. The molecule has 4 aromatic rings. The van der Waals surface area contributed by atoms with Gasteiger partial charge in [-0.3, -0.25) is 0 Å². The Hall–Kier alpha value is -6.06. The summed E-state index contributed by atoms with van der Waals surface area (Å²) in [6.45, 7) is 6.75. The van der Waals surface area contributed by atoms with E-state index < -0.39 is 8.07 Å². The van der Waals surface area contributed by atoms with Gasteiger partial charge in [-0.2, -0.15) is 4.98 Å². The normalized spacial score (nSPS) is 19.1.